The first-order valence-electron chi connectivity index (χ1n) is 13.3. The molecule has 0 spiro atoms. The number of carbonyl (C=O) groups excluding carboxylic acids is 2. The van der Waals surface area contributed by atoms with Crippen molar-refractivity contribution in [2.45, 2.75) is 83.9 Å². The fourth-order valence-electron chi connectivity index (χ4n) is 4.11. The molecule has 3 rings (SSSR count). The van der Waals surface area contributed by atoms with Crippen LogP contribution in [0.5, 0.6) is 0 Å². The summed E-state index contributed by atoms with van der Waals surface area (Å²) < 4.78 is 44.1. The zero-order valence-corrected chi connectivity index (χ0v) is 22.1. The highest BCUT2D eigenvalue weighted by Crippen LogP contribution is 2.31. The molecule has 0 atom stereocenters. The lowest BCUT2D eigenvalue weighted by Crippen LogP contribution is -2.27. The molecule has 210 valence electrons. The second kappa shape index (κ2) is 15.0. The lowest BCUT2D eigenvalue weighted by atomic mass is 10.1. The number of nitrogens with zero attached hydrogens (tertiary/aromatic N) is 3. The summed E-state index contributed by atoms with van der Waals surface area (Å²) in [5, 5.41) is 5.13. The van der Waals surface area contributed by atoms with E-state index in [0.29, 0.717) is 22.8 Å². The van der Waals surface area contributed by atoms with E-state index in [-0.39, 0.29) is 18.5 Å². The monoisotopic (exact) mass is 545 g/mol. The van der Waals surface area contributed by atoms with Gasteiger partial charge in [0, 0.05) is 12.0 Å². The average molecular weight is 546 g/mol. The maximum atomic E-state index is 12.9. The Balaban J connectivity index is 1.54. The fourth-order valence-corrected chi connectivity index (χ4v) is 4.11. The van der Waals surface area contributed by atoms with Crippen LogP contribution in [0.1, 0.15) is 81.7 Å². The van der Waals surface area contributed by atoms with Crippen molar-refractivity contribution in [2.24, 2.45) is 0 Å². The smallest absolute Gasteiger partial charge is 0.334 e. The van der Waals surface area contributed by atoms with Crippen molar-refractivity contribution in [1.82, 2.24) is 10.1 Å². The van der Waals surface area contributed by atoms with Gasteiger partial charge in [-0.2, -0.15) is 18.2 Å². The molecule has 0 bridgehead atoms. The van der Waals surface area contributed by atoms with E-state index < -0.39 is 17.7 Å². The molecular weight excluding hydrogens is 511 g/mol. The molecule has 1 aromatic heterocycles. The molecule has 0 aliphatic heterocycles. The van der Waals surface area contributed by atoms with Crippen LogP contribution < -0.4 is 5.06 Å². The third-order valence-electron chi connectivity index (χ3n) is 6.28. The highest BCUT2D eigenvalue weighted by molar-refractivity contribution is 6.20. The van der Waals surface area contributed by atoms with Crippen LogP contribution in [0.3, 0.4) is 0 Å². The van der Waals surface area contributed by atoms with Gasteiger partial charge < -0.3 is 9.36 Å². The second-order valence-electron chi connectivity index (χ2n) is 9.40. The zero-order valence-electron chi connectivity index (χ0n) is 22.1. The third-order valence-corrected chi connectivity index (χ3v) is 6.28. The summed E-state index contributed by atoms with van der Waals surface area (Å²) in [6.07, 6.45) is 7.38. The quantitative estimate of drug-likeness (QED) is 0.0798. The first-order chi connectivity index (χ1) is 18.8. The minimum Gasteiger partial charge on any atom is -0.334 e. The van der Waals surface area contributed by atoms with Gasteiger partial charge in [0.25, 0.3) is 5.89 Å². The summed E-state index contributed by atoms with van der Waals surface area (Å²) in [5.41, 5.74) is 0.719. The molecule has 1 heterocycles. The minimum absolute atomic E-state index is 0.00108. The van der Waals surface area contributed by atoms with E-state index in [1.54, 1.807) is 24.3 Å². The van der Waals surface area contributed by atoms with Gasteiger partial charge in [-0.3, -0.25) is 4.79 Å². The van der Waals surface area contributed by atoms with E-state index >= 15 is 0 Å². The number of aldehydes is 1. The largest absolute Gasteiger partial charge is 0.416 e. The predicted molar refractivity (Wildman–Crippen MR) is 140 cm³/mol. The van der Waals surface area contributed by atoms with Crippen molar-refractivity contribution in [3.8, 4) is 11.5 Å². The summed E-state index contributed by atoms with van der Waals surface area (Å²) in [5.74, 6) is -0.123. The zero-order chi connectivity index (χ0) is 28.1. The highest BCUT2D eigenvalue weighted by Gasteiger charge is 2.30. The Morgan fingerprint density at radius 2 is 1.54 bits per heavy atom. The van der Waals surface area contributed by atoms with E-state index in [9.17, 15) is 22.8 Å². The van der Waals surface area contributed by atoms with Gasteiger partial charge in [0.1, 0.15) is 0 Å². The molecule has 10 heteroatoms. The van der Waals surface area contributed by atoms with E-state index in [2.05, 4.69) is 17.1 Å². The lowest BCUT2D eigenvalue weighted by Gasteiger charge is -2.22. The number of hydrogen-bond acceptors (Lipinski definition) is 7. The number of carbonyl (C=O) groups is 2. The molecule has 0 aliphatic rings. The summed E-state index contributed by atoms with van der Waals surface area (Å²) in [6.45, 7) is 2.22. The lowest BCUT2D eigenvalue weighted by molar-refractivity contribution is -0.150. The molecule has 0 aliphatic carbocycles. The number of halogens is 3. The van der Waals surface area contributed by atoms with Gasteiger partial charge in [-0.1, -0.05) is 75.6 Å². The number of alkyl halides is 3. The van der Waals surface area contributed by atoms with Crippen molar-refractivity contribution < 1.29 is 32.1 Å². The van der Waals surface area contributed by atoms with E-state index in [0.717, 1.165) is 36.5 Å². The Morgan fingerprint density at radius 3 is 2.13 bits per heavy atom. The van der Waals surface area contributed by atoms with Crippen LogP contribution >= 0.6 is 0 Å². The van der Waals surface area contributed by atoms with Crippen molar-refractivity contribution in [3.63, 3.8) is 0 Å². The Morgan fingerprint density at radius 1 is 0.923 bits per heavy atom. The Hall–Kier alpha value is -3.69. The third kappa shape index (κ3) is 9.85. The summed E-state index contributed by atoms with van der Waals surface area (Å²) in [6, 6.07) is 11.1. The van der Waals surface area contributed by atoms with Crippen LogP contribution in [-0.2, 0) is 33.6 Å². The molecule has 0 amide bonds. The molecule has 7 nitrogen and oxygen atoms in total. The van der Waals surface area contributed by atoms with Crippen molar-refractivity contribution in [1.29, 1.82) is 0 Å². The Bertz CT molecular complexity index is 1160. The standard InChI is InChI=1S/C29H34F3N3O4/c1-2-3-4-5-6-7-8-9-10-11-26-33-28(38-34-26)23-14-12-22(13-15-23)20-35(39-27(37)21-36)25-18-16-24(17-19-25)29(30,31)32/h12-19,21H,2-11,20H2,1H3. The van der Waals surface area contributed by atoms with Crippen LogP contribution in [0, 0.1) is 0 Å². The first kappa shape index (κ1) is 29.9. The number of rotatable bonds is 16. The summed E-state index contributed by atoms with van der Waals surface area (Å²) >= 11 is 0. The van der Waals surface area contributed by atoms with Gasteiger partial charge in [0.2, 0.25) is 6.29 Å². The number of aryl methyl sites for hydroxylation is 1. The molecule has 0 saturated heterocycles. The number of aromatic nitrogens is 2. The van der Waals surface area contributed by atoms with Gasteiger partial charge in [0.15, 0.2) is 5.82 Å². The van der Waals surface area contributed by atoms with E-state index in [1.807, 2.05) is 0 Å². The minimum atomic E-state index is -4.50. The van der Waals surface area contributed by atoms with E-state index in [1.165, 1.54) is 57.1 Å². The number of unbranched alkanes of at least 4 members (excludes halogenated alkanes) is 8. The van der Waals surface area contributed by atoms with Crippen molar-refractivity contribution in [2.75, 3.05) is 5.06 Å². The van der Waals surface area contributed by atoms with Crippen LogP contribution in [0.25, 0.3) is 11.5 Å². The average Bonchev–Trinajstić information content (AvgIpc) is 3.40. The molecule has 39 heavy (non-hydrogen) atoms. The van der Waals surface area contributed by atoms with Crippen LogP contribution in [0.15, 0.2) is 53.1 Å². The normalized spacial score (nSPS) is 11.4. The maximum absolute atomic E-state index is 12.9. The predicted octanol–water partition coefficient (Wildman–Crippen LogP) is 7.49. The maximum Gasteiger partial charge on any atom is 0.416 e. The molecule has 2 aromatic carbocycles. The second-order valence-corrected chi connectivity index (χ2v) is 9.40. The molecule has 0 fully saturated rings. The number of benzene rings is 2. The Kier molecular flexibility index (Phi) is 11.5. The molecule has 3 aromatic rings. The van der Waals surface area contributed by atoms with Gasteiger partial charge >= 0.3 is 12.1 Å². The highest BCUT2D eigenvalue weighted by atomic mass is 19.4. The van der Waals surface area contributed by atoms with E-state index in [4.69, 9.17) is 9.36 Å². The molecule has 0 saturated carbocycles. The van der Waals surface area contributed by atoms with Gasteiger partial charge in [-0.05, 0) is 48.4 Å². The van der Waals surface area contributed by atoms with Gasteiger partial charge in [0.05, 0.1) is 17.8 Å². The van der Waals surface area contributed by atoms with Crippen molar-refractivity contribution >= 4 is 17.9 Å². The molecule has 0 unspecified atom stereocenters. The number of hydroxylamine groups is 1. The van der Waals surface area contributed by atoms with Gasteiger partial charge in [-0.15, -0.1) is 0 Å². The molecule has 0 radical (unpaired) electrons. The summed E-state index contributed by atoms with van der Waals surface area (Å²) in [4.78, 5) is 31.9. The Labute approximate surface area is 226 Å². The SMILES string of the molecule is CCCCCCCCCCCc1noc(-c2ccc(CN(OC(=O)C=O)c3ccc(C(F)(F)F)cc3)cc2)n1. The van der Waals surface area contributed by atoms with Crippen LogP contribution in [-0.4, -0.2) is 22.4 Å². The summed E-state index contributed by atoms with van der Waals surface area (Å²) in [7, 11) is 0. The molecule has 0 N–H and O–H groups in total. The van der Waals surface area contributed by atoms with Gasteiger partial charge in [-0.25, -0.2) is 9.86 Å². The first-order valence-corrected chi connectivity index (χ1v) is 13.3. The van der Waals surface area contributed by atoms with Crippen LogP contribution in [0.2, 0.25) is 0 Å². The number of anilines is 1. The molecular formula is C29H34F3N3O4. The number of hydrogen-bond donors (Lipinski definition) is 0. The topological polar surface area (TPSA) is 85.5 Å². The van der Waals surface area contributed by atoms with Crippen LogP contribution in [0.4, 0.5) is 18.9 Å². The van der Waals surface area contributed by atoms with Crippen molar-refractivity contribution in [3.05, 3.63) is 65.5 Å². The fraction of sp³-hybridized carbons (Fsp3) is 0.448.